The van der Waals surface area contributed by atoms with Crippen molar-refractivity contribution in [2.45, 2.75) is 31.7 Å². The van der Waals surface area contributed by atoms with Crippen molar-refractivity contribution in [3.8, 4) is 6.07 Å². The van der Waals surface area contributed by atoms with Gasteiger partial charge in [0.2, 0.25) is 0 Å². The average Bonchev–Trinajstić information content (AvgIpc) is 3.47. The van der Waals surface area contributed by atoms with Crippen molar-refractivity contribution in [1.82, 2.24) is 15.3 Å². The quantitative estimate of drug-likeness (QED) is 0.616. The fourth-order valence-corrected chi connectivity index (χ4v) is 3.30. The third kappa shape index (κ3) is 3.50. The molecule has 0 spiro atoms. The number of nitrogens with one attached hydrogen (secondary N) is 2. The number of nitrogens with zero attached hydrogens (tertiary/aromatic N) is 3. The summed E-state index contributed by atoms with van der Waals surface area (Å²) in [5.74, 6) is 0.830. The second-order valence-corrected chi connectivity index (χ2v) is 7.07. The van der Waals surface area contributed by atoms with E-state index < -0.39 is 0 Å². The Bertz CT molecular complexity index is 927. The zero-order valence-corrected chi connectivity index (χ0v) is 14.5. The van der Waals surface area contributed by atoms with Crippen LogP contribution in [-0.4, -0.2) is 21.7 Å². The van der Waals surface area contributed by atoms with E-state index in [0.717, 1.165) is 48.0 Å². The van der Waals surface area contributed by atoms with E-state index in [-0.39, 0.29) is 0 Å². The fourth-order valence-electron chi connectivity index (χ4n) is 3.30. The number of hydrogen-bond acceptors (Lipinski definition) is 5. The molecule has 1 aromatic heterocycles. The zero-order valence-electron chi connectivity index (χ0n) is 14.5. The number of benzene rings is 1. The SMILES string of the molecule is N#C/C=C/C1CC(N/C=C(\C(=N)C2CC2)c2cnc3ccccc3n2)C1. The second-order valence-electron chi connectivity index (χ2n) is 7.07. The summed E-state index contributed by atoms with van der Waals surface area (Å²) in [6, 6.07) is 10.2. The molecule has 5 heteroatoms. The molecule has 2 N–H and O–H groups in total. The highest BCUT2D eigenvalue weighted by Gasteiger charge is 2.31. The fraction of sp³-hybridized carbons (Fsp3) is 0.333. The monoisotopic (exact) mass is 343 g/mol. The summed E-state index contributed by atoms with van der Waals surface area (Å²) in [7, 11) is 0. The molecule has 2 aliphatic rings. The number of para-hydroxylation sites is 2. The maximum atomic E-state index is 8.60. The molecule has 2 aromatic rings. The molecule has 0 unspecified atom stereocenters. The van der Waals surface area contributed by atoms with E-state index in [2.05, 4.69) is 10.3 Å². The van der Waals surface area contributed by atoms with E-state index in [1.54, 1.807) is 12.3 Å². The van der Waals surface area contributed by atoms with E-state index in [1.165, 1.54) is 0 Å². The van der Waals surface area contributed by atoms with Crippen LogP contribution in [0.4, 0.5) is 0 Å². The average molecular weight is 343 g/mol. The van der Waals surface area contributed by atoms with Crippen LogP contribution in [0.15, 0.2) is 48.8 Å². The smallest absolute Gasteiger partial charge is 0.0925 e. The lowest BCUT2D eigenvalue weighted by molar-refractivity contribution is 0.291. The van der Waals surface area contributed by atoms with Crippen molar-refractivity contribution >= 4 is 22.3 Å². The second kappa shape index (κ2) is 7.09. The molecule has 1 heterocycles. The first kappa shape index (κ1) is 16.5. The number of hydrogen-bond donors (Lipinski definition) is 2. The molecule has 0 aliphatic heterocycles. The Morgan fingerprint density at radius 3 is 2.73 bits per heavy atom. The lowest BCUT2D eigenvalue weighted by Gasteiger charge is -2.33. The molecular weight excluding hydrogens is 322 g/mol. The lowest BCUT2D eigenvalue weighted by Crippen LogP contribution is -2.38. The molecule has 130 valence electrons. The molecule has 26 heavy (non-hydrogen) atoms. The largest absolute Gasteiger partial charge is 0.388 e. The Balaban J connectivity index is 1.53. The van der Waals surface area contributed by atoms with Crippen molar-refractivity contribution in [3.63, 3.8) is 0 Å². The number of fused-ring (bicyclic) bond motifs is 1. The maximum Gasteiger partial charge on any atom is 0.0925 e. The topological polar surface area (TPSA) is 85.5 Å². The Morgan fingerprint density at radius 1 is 1.23 bits per heavy atom. The zero-order chi connectivity index (χ0) is 17.9. The van der Waals surface area contributed by atoms with Crippen LogP contribution in [0.2, 0.25) is 0 Å². The van der Waals surface area contributed by atoms with Crippen LogP contribution in [0, 0.1) is 28.6 Å². The summed E-state index contributed by atoms with van der Waals surface area (Å²) in [4.78, 5) is 9.23. The molecule has 0 bridgehead atoms. The lowest BCUT2D eigenvalue weighted by atomic mass is 9.80. The van der Waals surface area contributed by atoms with Gasteiger partial charge in [-0.1, -0.05) is 18.2 Å². The summed E-state index contributed by atoms with van der Waals surface area (Å²) in [5, 5.41) is 20.6. The van der Waals surface area contributed by atoms with Gasteiger partial charge in [0.1, 0.15) is 0 Å². The Kier molecular flexibility index (Phi) is 4.49. The van der Waals surface area contributed by atoms with Crippen LogP contribution in [0.5, 0.6) is 0 Å². The molecule has 2 fully saturated rings. The predicted octanol–water partition coefficient (Wildman–Crippen LogP) is 3.85. The summed E-state index contributed by atoms with van der Waals surface area (Å²) in [5.41, 5.74) is 3.98. The van der Waals surface area contributed by atoms with Crippen LogP contribution in [0.1, 0.15) is 31.4 Å². The predicted molar refractivity (Wildman–Crippen MR) is 102 cm³/mol. The summed E-state index contributed by atoms with van der Waals surface area (Å²) in [6.45, 7) is 0. The molecular formula is C21H21N5. The van der Waals surface area contributed by atoms with Crippen LogP contribution in [-0.2, 0) is 0 Å². The van der Waals surface area contributed by atoms with Gasteiger partial charge >= 0.3 is 0 Å². The van der Waals surface area contributed by atoms with Crippen LogP contribution >= 0.6 is 0 Å². The van der Waals surface area contributed by atoms with Gasteiger partial charge in [0.25, 0.3) is 0 Å². The Hall–Kier alpha value is -3.00. The van der Waals surface area contributed by atoms with E-state index in [4.69, 9.17) is 15.7 Å². The minimum Gasteiger partial charge on any atom is -0.388 e. The van der Waals surface area contributed by atoms with E-state index >= 15 is 0 Å². The third-order valence-electron chi connectivity index (χ3n) is 5.08. The van der Waals surface area contributed by atoms with E-state index in [0.29, 0.717) is 23.6 Å². The first-order chi connectivity index (χ1) is 12.7. The van der Waals surface area contributed by atoms with E-state index in [9.17, 15) is 0 Å². The molecule has 0 atom stereocenters. The van der Waals surface area contributed by atoms with Gasteiger partial charge in [-0.25, -0.2) is 4.98 Å². The van der Waals surface area contributed by atoms with Gasteiger partial charge in [0.15, 0.2) is 0 Å². The highest BCUT2D eigenvalue weighted by atomic mass is 14.9. The molecule has 5 nitrogen and oxygen atoms in total. The minimum atomic E-state index is 0.351. The van der Waals surface area contributed by atoms with Crippen molar-refractivity contribution in [2.75, 3.05) is 0 Å². The van der Waals surface area contributed by atoms with E-state index in [1.807, 2.05) is 42.6 Å². The molecule has 0 amide bonds. The van der Waals surface area contributed by atoms with Gasteiger partial charge in [0, 0.05) is 35.5 Å². The van der Waals surface area contributed by atoms with Crippen LogP contribution < -0.4 is 5.32 Å². The standard InChI is InChI=1S/C21H21N5/c22-9-3-4-14-10-16(11-14)24-12-17(21(23)15-7-8-15)20-13-25-18-5-1-2-6-19(18)26-20/h1-6,12-16,23-24H,7-8,10-11H2/b4-3+,17-12-,23-21?. The number of allylic oxidation sites excluding steroid dienone is 3. The summed E-state index contributed by atoms with van der Waals surface area (Å²) >= 11 is 0. The number of aromatic nitrogens is 2. The van der Waals surface area contributed by atoms with Gasteiger partial charge in [-0.05, 0) is 43.7 Å². The highest BCUT2D eigenvalue weighted by molar-refractivity contribution is 6.23. The summed E-state index contributed by atoms with van der Waals surface area (Å²) in [6.07, 6.45) is 11.5. The highest BCUT2D eigenvalue weighted by Crippen LogP contribution is 2.35. The minimum absolute atomic E-state index is 0.351. The van der Waals surface area contributed by atoms with Crippen molar-refractivity contribution in [1.29, 1.82) is 10.7 Å². The normalized spacial score (nSPS) is 22.8. The van der Waals surface area contributed by atoms with Gasteiger partial charge in [-0.3, -0.25) is 4.98 Å². The first-order valence-corrected chi connectivity index (χ1v) is 9.08. The molecule has 4 rings (SSSR count). The molecule has 2 saturated carbocycles. The third-order valence-corrected chi connectivity index (χ3v) is 5.08. The van der Waals surface area contributed by atoms with Crippen molar-refractivity contribution in [3.05, 3.63) is 54.5 Å². The van der Waals surface area contributed by atoms with Crippen LogP contribution in [0.3, 0.4) is 0 Å². The van der Waals surface area contributed by atoms with Crippen molar-refractivity contribution in [2.24, 2.45) is 11.8 Å². The summed E-state index contributed by atoms with van der Waals surface area (Å²) < 4.78 is 0. The first-order valence-electron chi connectivity index (χ1n) is 9.08. The van der Waals surface area contributed by atoms with Gasteiger partial charge in [-0.15, -0.1) is 0 Å². The Labute approximate surface area is 153 Å². The molecule has 1 aromatic carbocycles. The number of nitriles is 1. The van der Waals surface area contributed by atoms with Crippen molar-refractivity contribution < 1.29 is 0 Å². The van der Waals surface area contributed by atoms with Crippen LogP contribution in [0.25, 0.3) is 16.6 Å². The van der Waals surface area contributed by atoms with Gasteiger partial charge < -0.3 is 10.7 Å². The molecule has 0 radical (unpaired) electrons. The van der Waals surface area contributed by atoms with Gasteiger partial charge in [-0.2, -0.15) is 5.26 Å². The van der Waals surface area contributed by atoms with Gasteiger partial charge in [0.05, 0.1) is 29.0 Å². The Morgan fingerprint density at radius 2 is 2.00 bits per heavy atom. The maximum absolute atomic E-state index is 8.60. The number of rotatable bonds is 6. The molecule has 2 aliphatic carbocycles. The molecule has 0 saturated heterocycles.